The zero-order valence-corrected chi connectivity index (χ0v) is 11.1. The van der Waals surface area contributed by atoms with Crippen LogP contribution in [0.3, 0.4) is 0 Å². The quantitative estimate of drug-likeness (QED) is 0.461. The lowest BCUT2D eigenvalue weighted by molar-refractivity contribution is -0.385. The summed E-state index contributed by atoms with van der Waals surface area (Å²) in [5, 5.41) is 13.4. The normalized spacial score (nSPS) is 11.8. The highest BCUT2D eigenvalue weighted by Gasteiger charge is 2.21. The minimum Gasteiger partial charge on any atom is -0.484 e. The van der Waals surface area contributed by atoms with Gasteiger partial charge >= 0.3 is 11.7 Å². The molecule has 0 aliphatic rings. The summed E-state index contributed by atoms with van der Waals surface area (Å²) in [5.41, 5.74) is -0.370. The van der Waals surface area contributed by atoms with Crippen molar-refractivity contribution >= 4 is 11.7 Å². The van der Waals surface area contributed by atoms with Crippen molar-refractivity contribution in [3.63, 3.8) is 0 Å². The highest BCUT2D eigenvalue weighted by molar-refractivity contribution is 5.76. The minimum absolute atomic E-state index is 0.205. The van der Waals surface area contributed by atoms with E-state index in [0.717, 1.165) is 18.2 Å². The Morgan fingerprint density at radius 2 is 2.25 bits per heavy atom. The number of rotatable bonds is 7. The third-order valence-electron chi connectivity index (χ3n) is 2.44. The molecule has 1 aromatic rings. The number of nitrogens with one attached hydrogen (secondary N) is 1. The van der Waals surface area contributed by atoms with E-state index in [9.17, 15) is 19.3 Å². The van der Waals surface area contributed by atoms with E-state index in [-0.39, 0.29) is 24.7 Å². The van der Waals surface area contributed by atoms with Crippen molar-refractivity contribution in [3.05, 3.63) is 34.1 Å². The van der Waals surface area contributed by atoms with Crippen LogP contribution < -0.4 is 10.1 Å². The standard InChI is InChI=1S/C12H15FN2O5/c1-3-19-12(16)9(14-2)7-20-11-6-8(13)4-5-10(11)15(17)18/h4-6,9,14H,3,7H2,1-2H3. The molecule has 0 saturated heterocycles. The third kappa shape index (κ3) is 4.16. The van der Waals surface area contributed by atoms with Gasteiger partial charge in [0.1, 0.15) is 18.5 Å². The summed E-state index contributed by atoms with van der Waals surface area (Å²) in [4.78, 5) is 21.6. The van der Waals surface area contributed by atoms with Gasteiger partial charge in [0.25, 0.3) is 0 Å². The second kappa shape index (κ2) is 7.39. The molecule has 0 bridgehead atoms. The van der Waals surface area contributed by atoms with Gasteiger partial charge in [0.15, 0.2) is 5.75 Å². The molecule has 0 aromatic heterocycles. The summed E-state index contributed by atoms with van der Waals surface area (Å²) >= 11 is 0. The van der Waals surface area contributed by atoms with Crippen LogP contribution in [0, 0.1) is 15.9 Å². The smallest absolute Gasteiger partial charge is 0.326 e. The van der Waals surface area contributed by atoms with Crippen molar-refractivity contribution in [3.8, 4) is 5.75 Å². The molecule has 0 spiro atoms. The molecular weight excluding hydrogens is 271 g/mol. The van der Waals surface area contributed by atoms with Gasteiger partial charge in [-0.2, -0.15) is 0 Å². The number of nitro benzene ring substituents is 1. The SMILES string of the molecule is CCOC(=O)C(COc1cc(F)ccc1[N+](=O)[O-])NC. The number of carbonyl (C=O) groups excluding carboxylic acids is 1. The van der Waals surface area contributed by atoms with Crippen molar-refractivity contribution < 1.29 is 23.6 Å². The van der Waals surface area contributed by atoms with Crippen LogP contribution in [0.4, 0.5) is 10.1 Å². The van der Waals surface area contributed by atoms with E-state index in [0.29, 0.717) is 0 Å². The van der Waals surface area contributed by atoms with E-state index in [1.54, 1.807) is 6.92 Å². The second-order valence-corrected chi connectivity index (χ2v) is 3.77. The molecule has 7 nitrogen and oxygen atoms in total. The number of likely N-dealkylation sites (N-methyl/N-ethyl adjacent to an activating group) is 1. The van der Waals surface area contributed by atoms with Crippen molar-refractivity contribution in [1.82, 2.24) is 5.32 Å². The Morgan fingerprint density at radius 1 is 1.55 bits per heavy atom. The van der Waals surface area contributed by atoms with Crippen molar-refractivity contribution in [2.75, 3.05) is 20.3 Å². The average Bonchev–Trinajstić information content (AvgIpc) is 2.39. The second-order valence-electron chi connectivity index (χ2n) is 3.77. The third-order valence-corrected chi connectivity index (χ3v) is 2.44. The molecule has 1 N–H and O–H groups in total. The van der Waals surface area contributed by atoms with E-state index in [2.05, 4.69) is 5.32 Å². The maximum absolute atomic E-state index is 13.1. The molecule has 20 heavy (non-hydrogen) atoms. The van der Waals surface area contributed by atoms with Crippen LogP contribution in [0.25, 0.3) is 0 Å². The lowest BCUT2D eigenvalue weighted by Gasteiger charge is -2.15. The Morgan fingerprint density at radius 3 is 2.80 bits per heavy atom. The Labute approximate surface area is 114 Å². The fourth-order valence-corrected chi connectivity index (χ4v) is 1.44. The lowest BCUT2D eigenvalue weighted by atomic mass is 10.3. The van der Waals surface area contributed by atoms with Crippen LogP contribution in [0.15, 0.2) is 18.2 Å². The van der Waals surface area contributed by atoms with Crippen LogP contribution in [0.2, 0.25) is 0 Å². The number of nitro groups is 1. The Bertz CT molecular complexity index is 495. The molecule has 0 aliphatic heterocycles. The summed E-state index contributed by atoms with van der Waals surface area (Å²) in [6.07, 6.45) is 0. The van der Waals surface area contributed by atoms with Crippen LogP contribution in [-0.4, -0.2) is 37.2 Å². The lowest BCUT2D eigenvalue weighted by Crippen LogP contribution is -2.40. The summed E-state index contributed by atoms with van der Waals surface area (Å²) in [6.45, 7) is 1.65. The molecule has 0 saturated carbocycles. The first kappa shape index (κ1) is 15.8. The molecule has 1 atom stereocenters. The molecule has 1 aromatic carbocycles. The molecule has 0 aliphatic carbocycles. The first-order valence-corrected chi connectivity index (χ1v) is 5.90. The van der Waals surface area contributed by atoms with E-state index < -0.39 is 22.8 Å². The van der Waals surface area contributed by atoms with E-state index in [1.807, 2.05) is 0 Å². The van der Waals surface area contributed by atoms with Gasteiger partial charge < -0.3 is 14.8 Å². The molecule has 8 heteroatoms. The highest BCUT2D eigenvalue weighted by atomic mass is 19.1. The number of esters is 1. The Hall–Kier alpha value is -2.22. The Balaban J connectivity index is 2.80. The van der Waals surface area contributed by atoms with E-state index >= 15 is 0 Å². The number of hydrogen-bond donors (Lipinski definition) is 1. The van der Waals surface area contributed by atoms with Crippen molar-refractivity contribution in [1.29, 1.82) is 0 Å². The highest BCUT2D eigenvalue weighted by Crippen LogP contribution is 2.27. The summed E-state index contributed by atoms with van der Waals surface area (Å²) < 4.78 is 23.0. The van der Waals surface area contributed by atoms with Gasteiger partial charge in [-0.25, -0.2) is 4.39 Å². The van der Waals surface area contributed by atoms with Gasteiger partial charge in [0, 0.05) is 12.1 Å². The molecular formula is C12H15FN2O5. The summed E-state index contributed by atoms with van der Waals surface area (Å²) in [6, 6.07) is 2.07. The van der Waals surface area contributed by atoms with Gasteiger partial charge in [-0.3, -0.25) is 14.9 Å². The van der Waals surface area contributed by atoms with E-state index in [4.69, 9.17) is 9.47 Å². The number of ether oxygens (including phenoxy) is 2. The zero-order chi connectivity index (χ0) is 15.1. The first-order chi connectivity index (χ1) is 9.49. The molecule has 110 valence electrons. The molecule has 1 rings (SSSR count). The number of carbonyl (C=O) groups is 1. The van der Waals surface area contributed by atoms with Crippen LogP contribution in [-0.2, 0) is 9.53 Å². The maximum Gasteiger partial charge on any atom is 0.326 e. The van der Waals surface area contributed by atoms with Gasteiger partial charge in [0.2, 0.25) is 0 Å². The number of benzene rings is 1. The van der Waals surface area contributed by atoms with Crippen molar-refractivity contribution in [2.24, 2.45) is 0 Å². The molecule has 0 amide bonds. The molecule has 0 fully saturated rings. The summed E-state index contributed by atoms with van der Waals surface area (Å²) in [5.74, 6) is -1.45. The fraction of sp³-hybridized carbons (Fsp3) is 0.417. The van der Waals surface area contributed by atoms with Gasteiger partial charge in [0.05, 0.1) is 11.5 Å². The van der Waals surface area contributed by atoms with Gasteiger partial charge in [-0.05, 0) is 20.0 Å². The monoisotopic (exact) mass is 286 g/mol. The number of halogens is 1. The fourth-order valence-electron chi connectivity index (χ4n) is 1.44. The topological polar surface area (TPSA) is 90.7 Å². The van der Waals surface area contributed by atoms with Gasteiger partial charge in [-0.15, -0.1) is 0 Å². The first-order valence-electron chi connectivity index (χ1n) is 5.90. The maximum atomic E-state index is 13.1. The predicted octanol–water partition coefficient (Wildman–Crippen LogP) is 1.26. The predicted molar refractivity (Wildman–Crippen MR) is 68.0 cm³/mol. The van der Waals surface area contributed by atoms with Crippen LogP contribution >= 0.6 is 0 Å². The number of hydrogen-bond acceptors (Lipinski definition) is 6. The van der Waals surface area contributed by atoms with Gasteiger partial charge in [-0.1, -0.05) is 0 Å². The van der Waals surface area contributed by atoms with Crippen LogP contribution in [0.1, 0.15) is 6.92 Å². The summed E-state index contributed by atoms with van der Waals surface area (Å²) in [7, 11) is 1.52. The Kier molecular flexibility index (Phi) is 5.85. The van der Waals surface area contributed by atoms with E-state index in [1.165, 1.54) is 7.05 Å². The average molecular weight is 286 g/mol. The minimum atomic E-state index is -0.794. The largest absolute Gasteiger partial charge is 0.484 e. The van der Waals surface area contributed by atoms with Crippen molar-refractivity contribution in [2.45, 2.75) is 13.0 Å². The number of nitrogens with zero attached hydrogens (tertiary/aromatic N) is 1. The molecule has 0 radical (unpaired) electrons. The molecule has 1 unspecified atom stereocenters. The van der Waals surface area contributed by atoms with Crippen LogP contribution in [0.5, 0.6) is 5.75 Å². The molecule has 0 heterocycles. The zero-order valence-electron chi connectivity index (χ0n) is 11.1.